The summed E-state index contributed by atoms with van der Waals surface area (Å²) in [7, 11) is 0. The lowest BCUT2D eigenvalue weighted by Crippen LogP contribution is -2.66. The zero-order valence-electron chi connectivity index (χ0n) is 13.7. The summed E-state index contributed by atoms with van der Waals surface area (Å²) in [4.78, 5) is 29.4. The predicted molar refractivity (Wildman–Crippen MR) is 87.3 cm³/mol. The normalized spacial score (nSPS) is 27.5. The number of thioether (sulfide) groups is 1. The van der Waals surface area contributed by atoms with Crippen molar-refractivity contribution in [2.75, 3.05) is 18.1 Å². The topological polar surface area (TPSA) is 40.6 Å². The Morgan fingerprint density at radius 3 is 2.57 bits per heavy atom. The molecule has 120 valence electrons. The molecule has 2 aliphatic heterocycles. The number of hydrogen-bond donors (Lipinski definition) is 0. The van der Waals surface area contributed by atoms with Gasteiger partial charge in [0.15, 0.2) is 0 Å². The summed E-state index contributed by atoms with van der Waals surface area (Å²) in [6.07, 6.45) is 2.76. The summed E-state index contributed by atoms with van der Waals surface area (Å²) in [5.41, 5.74) is 0. The fraction of sp³-hybridized carbons (Fsp3) is 0.875. The summed E-state index contributed by atoms with van der Waals surface area (Å²) in [5.74, 6) is 2.67. The lowest BCUT2D eigenvalue weighted by molar-refractivity contribution is -0.164. The molecule has 4 nitrogen and oxygen atoms in total. The fourth-order valence-corrected chi connectivity index (χ4v) is 4.32. The Bertz CT molecular complexity index is 400. The molecule has 21 heavy (non-hydrogen) atoms. The molecule has 0 aromatic heterocycles. The van der Waals surface area contributed by atoms with Crippen LogP contribution in [0.25, 0.3) is 0 Å². The number of rotatable bonds is 6. The van der Waals surface area contributed by atoms with Gasteiger partial charge in [-0.25, -0.2) is 0 Å². The summed E-state index contributed by atoms with van der Waals surface area (Å²) < 4.78 is 0. The first kappa shape index (κ1) is 16.7. The first-order valence-electron chi connectivity index (χ1n) is 8.19. The van der Waals surface area contributed by atoms with Gasteiger partial charge in [-0.2, -0.15) is 11.8 Å². The molecule has 2 saturated heterocycles. The van der Waals surface area contributed by atoms with Crippen molar-refractivity contribution in [3.63, 3.8) is 0 Å². The zero-order chi connectivity index (χ0) is 15.6. The largest absolute Gasteiger partial charge is 0.329 e. The van der Waals surface area contributed by atoms with Crippen molar-refractivity contribution >= 4 is 23.6 Å². The summed E-state index contributed by atoms with van der Waals surface area (Å²) in [6, 6.07) is -0.307. The van der Waals surface area contributed by atoms with Crippen LogP contribution in [0.5, 0.6) is 0 Å². The van der Waals surface area contributed by atoms with Crippen LogP contribution in [-0.2, 0) is 9.59 Å². The molecule has 0 aromatic rings. The van der Waals surface area contributed by atoms with Crippen LogP contribution in [-0.4, -0.2) is 57.8 Å². The van der Waals surface area contributed by atoms with E-state index in [1.54, 1.807) is 0 Å². The number of nitrogens with zero attached hydrogens (tertiary/aromatic N) is 2. The lowest BCUT2D eigenvalue weighted by Gasteiger charge is -2.46. The highest BCUT2D eigenvalue weighted by molar-refractivity contribution is 7.99. The van der Waals surface area contributed by atoms with E-state index >= 15 is 0 Å². The van der Waals surface area contributed by atoms with Gasteiger partial charge >= 0.3 is 0 Å². The number of carbonyl (C=O) groups is 2. The van der Waals surface area contributed by atoms with Crippen LogP contribution in [0.4, 0.5) is 0 Å². The van der Waals surface area contributed by atoms with E-state index in [2.05, 4.69) is 13.8 Å². The Morgan fingerprint density at radius 1 is 1.24 bits per heavy atom. The maximum atomic E-state index is 12.9. The molecule has 0 bridgehead atoms. The van der Waals surface area contributed by atoms with Crippen LogP contribution < -0.4 is 0 Å². The Kier molecular flexibility index (Phi) is 5.58. The van der Waals surface area contributed by atoms with Crippen LogP contribution >= 0.6 is 11.8 Å². The van der Waals surface area contributed by atoms with Crippen molar-refractivity contribution in [1.82, 2.24) is 9.80 Å². The smallest absolute Gasteiger partial charge is 0.246 e. The lowest BCUT2D eigenvalue weighted by atomic mass is 9.93. The standard InChI is InChI=1S/C16H28N2O2S/c1-5-21-10-8-12(4)18-14(11(2)3)16(20)17-9-6-7-13(17)15(18)19/h11-14H,5-10H2,1-4H3. The fourth-order valence-electron chi connectivity index (χ4n) is 3.52. The van der Waals surface area contributed by atoms with Gasteiger partial charge in [-0.05, 0) is 43.6 Å². The van der Waals surface area contributed by atoms with Crippen molar-refractivity contribution in [3.8, 4) is 0 Å². The van der Waals surface area contributed by atoms with Crippen molar-refractivity contribution < 1.29 is 9.59 Å². The van der Waals surface area contributed by atoms with Crippen LogP contribution in [0.3, 0.4) is 0 Å². The van der Waals surface area contributed by atoms with Gasteiger partial charge < -0.3 is 9.80 Å². The molecule has 0 aromatic carbocycles. The summed E-state index contributed by atoms with van der Waals surface area (Å²) >= 11 is 1.90. The molecule has 0 aliphatic carbocycles. The monoisotopic (exact) mass is 312 g/mol. The molecule has 5 heteroatoms. The molecule has 2 rings (SSSR count). The molecular formula is C16H28N2O2S. The minimum atomic E-state index is -0.270. The van der Waals surface area contributed by atoms with Gasteiger partial charge in [0.25, 0.3) is 0 Å². The van der Waals surface area contributed by atoms with Crippen molar-refractivity contribution in [2.45, 2.75) is 65.1 Å². The van der Waals surface area contributed by atoms with Crippen molar-refractivity contribution in [2.24, 2.45) is 5.92 Å². The molecule has 2 heterocycles. The number of carbonyl (C=O) groups excluding carboxylic acids is 2. The highest BCUT2D eigenvalue weighted by Gasteiger charge is 2.49. The second-order valence-electron chi connectivity index (χ2n) is 6.46. The van der Waals surface area contributed by atoms with Gasteiger partial charge in [0.05, 0.1) is 0 Å². The third-order valence-electron chi connectivity index (χ3n) is 4.62. The quantitative estimate of drug-likeness (QED) is 0.707. The SMILES string of the molecule is CCSCCC(C)N1C(=O)C2CCCN2C(=O)C1C(C)C. The van der Waals surface area contributed by atoms with Crippen molar-refractivity contribution in [1.29, 1.82) is 0 Å². The van der Waals surface area contributed by atoms with E-state index in [0.29, 0.717) is 0 Å². The second kappa shape index (κ2) is 7.03. The van der Waals surface area contributed by atoms with Crippen LogP contribution in [0.1, 0.15) is 47.0 Å². The van der Waals surface area contributed by atoms with Crippen LogP contribution in [0.15, 0.2) is 0 Å². The van der Waals surface area contributed by atoms with Crippen LogP contribution in [0.2, 0.25) is 0 Å². The summed E-state index contributed by atoms with van der Waals surface area (Å²) in [5, 5.41) is 0. The van der Waals surface area contributed by atoms with E-state index in [9.17, 15) is 9.59 Å². The highest BCUT2D eigenvalue weighted by Crippen LogP contribution is 2.31. The van der Waals surface area contributed by atoms with E-state index in [1.807, 2.05) is 35.4 Å². The third kappa shape index (κ3) is 3.22. The molecule has 0 saturated carbocycles. The summed E-state index contributed by atoms with van der Waals surface area (Å²) in [6.45, 7) is 9.10. The predicted octanol–water partition coefficient (Wildman–Crippen LogP) is 2.38. The first-order valence-corrected chi connectivity index (χ1v) is 9.34. The van der Waals surface area contributed by atoms with Gasteiger partial charge in [0, 0.05) is 12.6 Å². The Labute approximate surface area is 132 Å². The molecule has 3 atom stereocenters. The molecule has 2 aliphatic rings. The number of fused-ring (bicyclic) bond motifs is 1. The van der Waals surface area contributed by atoms with Crippen molar-refractivity contribution in [3.05, 3.63) is 0 Å². The Balaban J connectivity index is 2.18. The number of hydrogen-bond acceptors (Lipinski definition) is 3. The maximum absolute atomic E-state index is 12.9. The molecule has 0 spiro atoms. The number of amides is 2. The average molecular weight is 312 g/mol. The average Bonchev–Trinajstić information content (AvgIpc) is 2.92. The zero-order valence-corrected chi connectivity index (χ0v) is 14.5. The van der Waals surface area contributed by atoms with Crippen LogP contribution in [0, 0.1) is 5.92 Å². The molecule has 2 amide bonds. The highest BCUT2D eigenvalue weighted by atomic mass is 32.2. The van der Waals surface area contributed by atoms with E-state index in [0.717, 1.165) is 37.3 Å². The second-order valence-corrected chi connectivity index (χ2v) is 7.85. The molecular weight excluding hydrogens is 284 g/mol. The van der Waals surface area contributed by atoms with Gasteiger partial charge in [-0.1, -0.05) is 20.8 Å². The van der Waals surface area contributed by atoms with E-state index in [4.69, 9.17) is 0 Å². The molecule has 3 unspecified atom stereocenters. The van der Waals surface area contributed by atoms with E-state index < -0.39 is 0 Å². The number of piperazine rings is 1. The molecule has 2 fully saturated rings. The Morgan fingerprint density at radius 2 is 1.95 bits per heavy atom. The van der Waals surface area contributed by atoms with Gasteiger partial charge in [0.1, 0.15) is 12.1 Å². The van der Waals surface area contributed by atoms with E-state index in [1.165, 1.54) is 0 Å². The third-order valence-corrected chi connectivity index (χ3v) is 5.55. The minimum absolute atomic E-state index is 0.149. The maximum Gasteiger partial charge on any atom is 0.246 e. The van der Waals surface area contributed by atoms with Gasteiger partial charge in [-0.3, -0.25) is 9.59 Å². The Hall–Kier alpha value is -0.710. The minimum Gasteiger partial charge on any atom is -0.329 e. The van der Waals surface area contributed by atoms with Gasteiger partial charge in [-0.15, -0.1) is 0 Å². The van der Waals surface area contributed by atoms with Gasteiger partial charge in [0.2, 0.25) is 11.8 Å². The first-order chi connectivity index (χ1) is 9.99. The molecule has 0 N–H and O–H groups in total. The van der Waals surface area contributed by atoms with E-state index in [-0.39, 0.29) is 35.9 Å². The molecule has 0 radical (unpaired) electrons.